The molecule has 1 aromatic carbocycles. The fourth-order valence-electron chi connectivity index (χ4n) is 1.67. The van der Waals surface area contributed by atoms with E-state index in [9.17, 15) is 9.59 Å². The predicted molar refractivity (Wildman–Crippen MR) is 92.6 cm³/mol. The van der Waals surface area contributed by atoms with E-state index in [2.05, 4.69) is 58.4 Å². The minimum absolute atomic E-state index is 0.0997. The zero-order valence-corrected chi connectivity index (χ0v) is 16.0. The number of hydrogen-bond donors (Lipinski definition) is 3. The Labute approximate surface area is 148 Å². The first-order chi connectivity index (χ1) is 9.79. The van der Waals surface area contributed by atoms with Crippen LogP contribution in [0.3, 0.4) is 0 Å². The number of aliphatic carboxylic acids is 1. The van der Waals surface area contributed by atoms with E-state index in [0.717, 1.165) is 13.4 Å². The van der Waals surface area contributed by atoms with E-state index in [1.165, 1.54) is 0 Å². The summed E-state index contributed by atoms with van der Waals surface area (Å²) in [6, 6.07) is 3.23. The Hall–Kier alpha value is -0.600. The number of carboxylic acid groups (broad SMARTS) is 1. The van der Waals surface area contributed by atoms with Gasteiger partial charge in [0.05, 0.1) is 5.69 Å². The van der Waals surface area contributed by atoms with Gasteiger partial charge in [-0.15, -0.1) is 0 Å². The summed E-state index contributed by atoms with van der Waals surface area (Å²) in [7, 11) is 0. The van der Waals surface area contributed by atoms with Gasteiger partial charge in [0.1, 0.15) is 0 Å². The van der Waals surface area contributed by atoms with Crippen molar-refractivity contribution in [3.05, 3.63) is 25.6 Å². The molecule has 0 fully saturated rings. The largest absolute Gasteiger partial charge is 0.481 e. The molecular weight excluding hydrogens is 472 g/mol. The monoisotopic (exact) mass is 484 g/mol. The number of halogens is 3. The summed E-state index contributed by atoms with van der Waals surface area (Å²) in [4.78, 5) is 22.4. The lowest BCUT2D eigenvalue weighted by Crippen LogP contribution is -2.36. The second-order valence-electron chi connectivity index (χ2n) is 4.53. The first-order valence-electron chi connectivity index (χ1n) is 6.23. The van der Waals surface area contributed by atoms with Crippen LogP contribution < -0.4 is 10.6 Å². The van der Waals surface area contributed by atoms with Crippen LogP contribution in [0.2, 0.25) is 0 Å². The van der Waals surface area contributed by atoms with Gasteiger partial charge in [0, 0.05) is 25.9 Å². The highest BCUT2D eigenvalue weighted by Gasteiger charge is 2.12. The number of nitrogens with one attached hydrogen (secondary N) is 2. The quantitative estimate of drug-likeness (QED) is 0.543. The van der Waals surface area contributed by atoms with Crippen molar-refractivity contribution >= 4 is 65.5 Å². The zero-order chi connectivity index (χ0) is 16.0. The first kappa shape index (κ1) is 18.4. The molecule has 0 saturated carbocycles. The summed E-state index contributed by atoms with van der Waals surface area (Å²) >= 11 is 10.1. The Balaban J connectivity index is 2.52. The highest BCUT2D eigenvalue weighted by atomic mass is 79.9. The molecular formula is C13H15Br3N2O3. The van der Waals surface area contributed by atoms with E-state index in [1.54, 1.807) is 0 Å². The van der Waals surface area contributed by atoms with Gasteiger partial charge >= 0.3 is 12.0 Å². The number of carbonyl (C=O) groups excluding carboxylic acids is 1. The Morgan fingerprint density at radius 3 is 2.33 bits per heavy atom. The smallest absolute Gasteiger partial charge is 0.319 e. The second-order valence-corrected chi connectivity index (χ2v) is 7.15. The third kappa shape index (κ3) is 6.80. The fraction of sp³-hybridized carbons (Fsp3) is 0.385. The molecule has 8 heteroatoms. The molecule has 0 radical (unpaired) electrons. The number of carbonyl (C=O) groups is 2. The van der Waals surface area contributed by atoms with Gasteiger partial charge < -0.3 is 15.7 Å². The maximum Gasteiger partial charge on any atom is 0.319 e. The number of carboxylic acids is 1. The number of anilines is 1. The van der Waals surface area contributed by atoms with Crippen molar-refractivity contribution in [2.75, 3.05) is 5.32 Å². The molecule has 21 heavy (non-hydrogen) atoms. The molecule has 1 rings (SSSR count). The standard InChI is InChI=1S/C13H15Br3N2O3/c1-7(3-2-4-11(19)20)17-13(21)18-12-9(15)5-8(14)6-10(12)16/h5-7H,2-4H2,1H3,(H,19,20)(H2,17,18,21). The molecule has 0 aliphatic heterocycles. The third-order valence-corrected chi connectivity index (χ3v) is 4.36. The van der Waals surface area contributed by atoms with Crippen molar-refractivity contribution in [1.29, 1.82) is 0 Å². The van der Waals surface area contributed by atoms with Crippen LogP contribution in [0.4, 0.5) is 10.5 Å². The molecule has 0 heterocycles. The highest BCUT2D eigenvalue weighted by molar-refractivity contribution is 9.11. The summed E-state index contributed by atoms with van der Waals surface area (Å²) in [5, 5.41) is 14.1. The van der Waals surface area contributed by atoms with E-state index < -0.39 is 5.97 Å². The van der Waals surface area contributed by atoms with E-state index in [-0.39, 0.29) is 18.5 Å². The maximum atomic E-state index is 11.9. The lowest BCUT2D eigenvalue weighted by Gasteiger charge is -2.16. The number of urea groups is 1. The number of benzene rings is 1. The Morgan fingerprint density at radius 1 is 1.24 bits per heavy atom. The van der Waals surface area contributed by atoms with E-state index in [1.807, 2.05) is 19.1 Å². The van der Waals surface area contributed by atoms with E-state index >= 15 is 0 Å². The Bertz CT molecular complexity index is 514. The third-order valence-electron chi connectivity index (χ3n) is 2.65. The van der Waals surface area contributed by atoms with Crippen molar-refractivity contribution in [1.82, 2.24) is 5.32 Å². The first-order valence-corrected chi connectivity index (χ1v) is 8.61. The van der Waals surface area contributed by atoms with Crippen LogP contribution in [0.1, 0.15) is 26.2 Å². The van der Waals surface area contributed by atoms with Crippen LogP contribution in [0.15, 0.2) is 25.6 Å². The number of amides is 2. The molecule has 0 aromatic heterocycles. The topological polar surface area (TPSA) is 78.4 Å². The van der Waals surface area contributed by atoms with Gasteiger partial charge in [-0.3, -0.25) is 4.79 Å². The van der Waals surface area contributed by atoms with Gasteiger partial charge in [-0.2, -0.15) is 0 Å². The van der Waals surface area contributed by atoms with Crippen LogP contribution in [0, 0.1) is 0 Å². The fourth-order valence-corrected chi connectivity index (χ4v) is 4.12. The molecule has 1 aromatic rings. The van der Waals surface area contributed by atoms with Crippen LogP contribution in [-0.4, -0.2) is 23.1 Å². The van der Waals surface area contributed by atoms with Crippen molar-refractivity contribution < 1.29 is 14.7 Å². The normalized spacial score (nSPS) is 11.8. The van der Waals surface area contributed by atoms with Crippen molar-refractivity contribution in [2.24, 2.45) is 0 Å². The second kappa shape index (κ2) is 8.75. The molecule has 3 N–H and O–H groups in total. The van der Waals surface area contributed by atoms with Gasteiger partial charge in [0.15, 0.2) is 0 Å². The van der Waals surface area contributed by atoms with Crippen molar-refractivity contribution in [2.45, 2.75) is 32.2 Å². The molecule has 1 atom stereocenters. The van der Waals surface area contributed by atoms with Gasteiger partial charge in [-0.05, 0) is 63.8 Å². The van der Waals surface area contributed by atoms with Gasteiger partial charge in [0.2, 0.25) is 0 Å². The predicted octanol–water partition coefficient (Wildman–Crippen LogP) is 4.74. The average Bonchev–Trinajstić information content (AvgIpc) is 2.33. The van der Waals surface area contributed by atoms with Crippen molar-refractivity contribution in [3.8, 4) is 0 Å². The van der Waals surface area contributed by atoms with Crippen LogP contribution >= 0.6 is 47.8 Å². The molecule has 0 spiro atoms. The summed E-state index contributed by atoms with van der Waals surface area (Å²) < 4.78 is 2.38. The van der Waals surface area contributed by atoms with Crippen LogP contribution in [0.25, 0.3) is 0 Å². The molecule has 0 aliphatic rings. The molecule has 0 bridgehead atoms. The van der Waals surface area contributed by atoms with Gasteiger partial charge in [-0.1, -0.05) is 15.9 Å². The average molecular weight is 487 g/mol. The highest BCUT2D eigenvalue weighted by Crippen LogP contribution is 2.34. The number of hydrogen-bond acceptors (Lipinski definition) is 2. The van der Waals surface area contributed by atoms with Crippen LogP contribution in [0.5, 0.6) is 0 Å². The van der Waals surface area contributed by atoms with Gasteiger partial charge in [-0.25, -0.2) is 4.79 Å². The van der Waals surface area contributed by atoms with E-state index in [0.29, 0.717) is 18.5 Å². The molecule has 5 nitrogen and oxygen atoms in total. The molecule has 116 valence electrons. The summed E-state index contributed by atoms with van der Waals surface area (Å²) in [5.41, 5.74) is 0.633. The Kier molecular flexibility index (Phi) is 7.69. The zero-order valence-electron chi connectivity index (χ0n) is 11.3. The lowest BCUT2D eigenvalue weighted by atomic mass is 10.1. The Morgan fingerprint density at radius 2 is 1.81 bits per heavy atom. The van der Waals surface area contributed by atoms with Crippen LogP contribution in [-0.2, 0) is 4.79 Å². The minimum atomic E-state index is -0.825. The summed E-state index contributed by atoms with van der Waals surface area (Å²) in [5.74, 6) is -0.825. The molecule has 0 saturated heterocycles. The maximum absolute atomic E-state index is 11.9. The SMILES string of the molecule is CC(CCCC(=O)O)NC(=O)Nc1c(Br)cc(Br)cc1Br. The van der Waals surface area contributed by atoms with Crippen molar-refractivity contribution in [3.63, 3.8) is 0 Å². The number of rotatable bonds is 6. The minimum Gasteiger partial charge on any atom is -0.481 e. The van der Waals surface area contributed by atoms with Gasteiger partial charge in [0.25, 0.3) is 0 Å². The molecule has 1 unspecified atom stereocenters. The van der Waals surface area contributed by atoms with E-state index in [4.69, 9.17) is 5.11 Å². The summed E-state index contributed by atoms with van der Waals surface area (Å²) in [6.07, 6.45) is 1.25. The molecule has 2 amide bonds. The molecule has 0 aliphatic carbocycles. The lowest BCUT2D eigenvalue weighted by molar-refractivity contribution is -0.137. The summed E-state index contributed by atoms with van der Waals surface area (Å²) in [6.45, 7) is 1.84.